The van der Waals surface area contributed by atoms with Gasteiger partial charge in [-0.05, 0) is 31.7 Å². The molecule has 0 spiro atoms. The molecule has 1 unspecified atom stereocenters. The highest BCUT2D eigenvalue weighted by Crippen LogP contribution is 2.28. The molecular formula is C22H34F2IN5O. The molecule has 0 bridgehead atoms. The molecule has 1 aromatic rings. The number of halogens is 3. The Kier molecular flexibility index (Phi) is 10.4. The Labute approximate surface area is 200 Å². The Morgan fingerprint density at radius 1 is 1.23 bits per heavy atom. The minimum absolute atomic E-state index is 0. The molecule has 2 N–H and O–H groups in total. The molecule has 0 radical (unpaired) electrons. The van der Waals surface area contributed by atoms with Crippen molar-refractivity contribution in [2.24, 2.45) is 4.99 Å². The largest absolute Gasteiger partial charge is 0.356 e. The molecule has 1 saturated heterocycles. The molecule has 0 aromatic heterocycles. The number of benzene rings is 1. The second-order valence-electron chi connectivity index (χ2n) is 8.03. The molecule has 6 nitrogen and oxygen atoms in total. The fraction of sp³-hybridized carbons (Fsp3) is 0.636. The van der Waals surface area contributed by atoms with E-state index in [9.17, 15) is 13.6 Å². The van der Waals surface area contributed by atoms with Gasteiger partial charge in [-0.2, -0.15) is 0 Å². The van der Waals surface area contributed by atoms with Crippen molar-refractivity contribution in [2.75, 3.05) is 39.8 Å². The van der Waals surface area contributed by atoms with Gasteiger partial charge in [-0.15, -0.1) is 24.0 Å². The maximum absolute atomic E-state index is 14.3. The van der Waals surface area contributed by atoms with E-state index in [-0.39, 0.29) is 35.9 Å². The van der Waals surface area contributed by atoms with Crippen LogP contribution in [-0.4, -0.2) is 67.5 Å². The quantitative estimate of drug-likeness (QED) is 0.226. The summed E-state index contributed by atoms with van der Waals surface area (Å²) in [5.41, 5.74) is 0.555. The topological polar surface area (TPSA) is 60.0 Å². The summed E-state index contributed by atoms with van der Waals surface area (Å²) in [6.45, 7) is 5.84. The van der Waals surface area contributed by atoms with Gasteiger partial charge in [-0.3, -0.25) is 14.7 Å². The monoisotopic (exact) mass is 549 g/mol. The van der Waals surface area contributed by atoms with Gasteiger partial charge in [0, 0.05) is 69.9 Å². The number of nitrogens with zero attached hydrogens (tertiary/aromatic N) is 3. The number of hydrogen-bond acceptors (Lipinski definition) is 3. The van der Waals surface area contributed by atoms with Crippen molar-refractivity contribution in [2.45, 2.75) is 51.1 Å². The van der Waals surface area contributed by atoms with Gasteiger partial charge in [0.25, 0.3) is 0 Å². The zero-order valence-electron chi connectivity index (χ0n) is 18.4. The number of rotatable bonds is 8. The van der Waals surface area contributed by atoms with E-state index in [1.165, 1.54) is 6.07 Å². The van der Waals surface area contributed by atoms with Gasteiger partial charge in [-0.25, -0.2) is 8.78 Å². The lowest BCUT2D eigenvalue weighted by molar-refractivity contribution is -0.121. The standard InChI is InChI=1S/C22H33F2N5O.HI/c1-3-20(18-9-6-16(23)15-19(18)24)28-11-13-29(14-12-28)22(25-2)26-10-4-5-21(30)27-17-7-8-17;/h6,9,15,17,20H,3-5,7-8,10-14H2,1-2H3,(H,25,26)(H,27,30);1H. The number of guanidine groups is 1. The van der Waals surface area contributed by atoms with Crippen LogP contribution in [-0.2, 0) is 4.79 Å². The lowest BCUT2D eigenvalue weighted by atomic mass is 10.0. The smallest absolute Gasteiger partial charge is 0.220 e. The lowest BCUT2D eigenvalue weighted by Crippen LogP contribution is -2.53. The second kappa shape index (κ2) is 12.5. The summed E-state index contributed by atoms with van der Waals surface area (Å²) in [6.07, 6.45) is 4.26. The van der Waals surface area contributed by atoms with Gasteiger partial charge in [0.2, 0.25) is 5.91 Å². The lowest BCUT2D eigenvalue weighted by Gasteiger charge is -2.40. The molecule has 31 heavy (non-hydrogen) atoms. The normalized spacial score (nSPS) is 18.3. The van der Waals surface area contributed by atoms with E-state index in [1.54, 1.807) is 13.1 Å². The molecule has 1 aliphatic heterocycles. The molecule has 174 valence electrons. The Morgan fingerprint density at radius 3 is 2.52 bits per heavy atom. The molecule has 2 fully saturated rings. The SMILES string of the molecule is CCC(c1ccc(F)cc1F)N1CCN(C(=NC)NCCCC(=O)NC2CC2)CC1.I. The van der Waals surface area contributed by atoms with Crippen molar-refractivity contribution in [1.29, 1.82) is 0 Å². The van der Waals surface area contributed by atoms with Crippen LogP contribution in [0, 0.1) is 11.6 Å². The highest BCUT2D eigenvalue weighted by atomic mass is 127. The fourth-order valence-electron chi connectivity index (χ4n) is 4.00. The van der Waals surface area contributed by atoms with Gasteiger partial charge in [0.05, 0.1) is 0 Å². The number of piperazine rings is 1. The summed E-state index contributed by atoms with van der Waals surface area (Å²) in [5, 5.41) is 6.34. The molecular weight excluding hydrogens is 515 g/mol. The van der Waals surface area contributed by atoms with Gasteiger partial charge in [0.1, 0.15) is 11.6 Å². The number of amides is 1. The maximum atomic E-state index is 14.3. The summed E-state index contributed by atoms with van der Waals surface area (Å²) in [5.74, 6) is -0.0666. The predicted molar refractivity (Wildman–Crippen MR) is 130 cm³/mol. The van der Waals surface area contributed by atoms with Crippen LogP contribution in [0.3, 0.4) is 0 Å². The van der Waals surface area contributed by atoms with Crippen LogP contribution in [0.15, 0.2) is 23.2 Å². The third-order valence-electron chi connectivity index (χ3n) is 5.78. The Hall–Kier alpha value is -1.49. The van der Waals surface area contributed by atoms with Gasteiger partial charge < -0.3 is 15.5 Å². The van der Waals surface area contributed by atoms with Crippen LogP contribution >= 0.6 is 24.0 Å². The number of nitrogens with one attached hydrogen (secondary N) is 2. The Morgan fingerprint density at radius 2 is 1.94 bits per heavy atom. The zero-order chi connectivity index (χ0) is 21.5. The average molecular weight is 549 g/mol. The van der Waals surface area contributed by atoms with Gasteiger partial charge in [-0.1, -0.05) is 13.0 Å². The molecule has 1 aromatic carbocycles. The summed E-state index contributed by atoms with van der Waals surface area (Å²) in [4.78, 5) is 20.6. The van der Waals surface area contributed by atoms with Crippen molar-refractivity contribution in [3.05, 3.63) is 35.4 Å². The molecule has 3 rings (SSSR count). The first-order valence-corrected chi connectivity index (χ1v) is 11.0. The predicted octanol–water partition coefficient (Wildman–Crippen LogP) is 3.29. The summed E-state index contributed by atoms with van der Waals surface area (Å²) >= 11 is 0. The van der Waals surface area contributed by atoms with E-state index in [4.69, 9.17) is 0 Å². The van der Waals surface area contributed by atoms with E-state index in [1.807, 2.05) is 6.92 Å². The van der Waals surface area contributed by atoms with Crippen LogP contribution in [0.1, 0.15) is 50.6 Å². The van der Waals surface area contributed by atoms with Crippen molar-refractivity contribution in [3.63, 3.8) is 0 Å². The molecule has 2 aliphatic rings. The minimum atomic E-state index is -0.546. The summed E-state index contributed by atoms with van der Waals surface area (Å²) in [6, 6.07) is 4.20. The third kappa shape index (κ3) is 7.55. The summed E-state index contributed by atoms with van der Waals surface area (Å²) < 4.78 is 27.5. The minimum Gasteiger partial charge on any atom is -0.356 e. The first kappa shape index (κ1) is 25.8. The molecule has 1 heterocycles. The summed E-state index contributed by atoms with van der Waals surface area (Å²) in [7, 11) is 1.76. The first-order chi connectivity index (χ1) is 14.5. The molecule has 1 atom stereocenters. The van der Waals surface area contributed by atoms with Crippen molar-refractivity contribution in [3.8, 4) is 0 Å². The van der Waals surface area contributed by atoms with E-state index >= 15 is 0 Å². The fourth-order valence-corrected chi connectivity index (χ4v) is 4.00. The van der Waals surface area contributed by atoms with Crippen molar-refractivity contribution < 1.29 is 13.6 Å². The number of carbonyl (C=O) groups excluding carboxylic acids is 1. The van der Waals surface area contributed by atoms with E-state index < -0.39 is 11.6 Å². The molecule has 1 aliphatic carbocycles. The van der Waals surface area contributed by atoms with Crippen LogP contribution in [0.4, 0.5) is 8.78 Å². The average Bonchev–Trinajstić information content (AvgIpc) is 3.55. The maximum Gasteiger partial charge on any atom is 0.220 e. The highest BCUT2D eigenvalue weighted by Gasteiger charge is 2.27. The number of carbonyl (C=O) groups is 1. The van der Waals surface area contributed by atoms with Gasteiger partial charge >= 0.3 is 0 Å². The molecule has 1 amide bonds. The Balaban J connectivity index is 0.00000341. The Bertz CT molecular complexity index is 751. The molecule has 1 saturated carbocycles. The van der Waals surface area contributed by atoms with E-state index in [0.29, 0.717) is 24.6 Å². The van der Waals surface area contributed by atoms with Crippen LogP contribution in [0.5, 0.6) is 0 Å². The van der Waals surface area contributed by atoms with Crippen LogP contribution in [0.25, 0.3) is 0 Å². The van der Waals surface area contributed by atoms with Crippen molar-refractivity contribution in [1.82, 2.24) is 20.4 Å². The number of aliphatic imine (C=N–C) groups is 1. The zero-order valence-corrected chi connectivity index (χ0v) is 20.7. The third-order valence-corrected chi connectivity index (χ3v) is 5.78. The highest BCUT2D eigenvalue weighted by molar-refractivity contribution is 14.0. The molecule has 9 heteroatoms. The van der Waals surface area contributed by atoms with E-state index in [2.05, 4.69) is 25.4 Å². The number of hydrogen-bond donors (Lipinski definition) is 2. The van der Waals surface area contributed by atoms with E-state index in [0.717, 1.165) is 63.9 Å². The van der Waals surface area contributed by atoms with Crippen molar-refractivity contribution >= 4 is 35.8 Å². The van der Waals surface area contributed by atoms with Gasteiger partial charge in [0.15, 0.2) is 5.96 Å². The van der Waals surface area contributed by atoms with Crippen LogP contribution < -0.4 is 10.6 Å². The second-order valence-corrected chi connectivity index (χ2v) is 8.03. The van der Waals surface area contributed by atoms with Crippen LogP contribution in [0.2, 0.25) is 0 Å². The first-order valence-electron chi connectivity index (χ1n) is 11.0.